The van der Waals surface area contributed by atoms with Gasteiger partial charge in [-0.3, -0.25) is 4.79 Å². The van der Waals surface area contributed by atoms with Gasteiger partial charge < -0.3 is 15.7 Å². The molecule has 4 heteroatoms. The number of rotatable bonds is 7. The summed E-state index contributed by atoms with van der Waals surface area (Å²) in [6.07, 6.45) is 0.495. The molecule has 0 spiro atoms. The monoisotopic (exact) mass is 202 g/mol. The Morgan fingerprint density at radius 1 is 1.43 bits per heavy atom. The summed E-state index contributed by atoms with van der Waals surface area (Å²) >= 11 is 0. The van der Waals surface area contributed by atoms with E-state index >= 15 is 0 Å². The van der Waals surface area contributed by atoms with Gasteiger partial charge in [0.2, 0.25) is 5.91 Å². The molecule has 0 rings (SSSR count). The zero-order chi connectivity index (χ0) is 11.0. The van der Waals surface area contributed by atoms with E-state index in [9.17, 15) is 4.79 Å². The summed E-state index contributed by atoms with van der Waals surface area (Å²) < 4.78 is 0. The first kappa shape index (κ1) is 13.4. The van der Waals surface area contributed by atoms with Crippen molar-refractivity contribution in [2.45, 2.75) is 27.2 Å². The van der Waals surface area contributed by atoms with Crippen LogP contribution in [0.25, 0.3) is 0 Å². The minimum atomic E-state index is -0.228. The molecule has 0 atom stereocenters. The molecule has 1 amide bonds. The highest BCUT2D eigenvalue weighted by atomic mass is 16.3. The molecule has 0 aromatic rings. The fourth-order valence-corrected chi connectivity index (χ4v) is 0.861. The first-order chi connectivity index (χ1) is 6.52. The lowest BCUT2D eigenvalue weighted by atomic mass is 9.95. The predicted octanol–water partition coefficient (Wildman–Crippen LogP) is 0.121. The Bertz CT molecular complexity index is 170. The summed E-state index contributed by atoms with van der Waals surface area (Å²) in [6, 6.07) is 0. The molecule has 0 bridgehead atoms. The van der Waals surface area contributed by atoms with Crippen LogP contribution in [-0.4, -0.2) is 37.3 Å². The van der Waals surface area contributed by atoms with Crippen molar-refractivity contribution in [3.8, 4) is 0 Å². The summed E-state index contributed by atoms with van der Waals surface area (Å²) in [5.41, 5.74) is -0.228. The molecule has 0 aliphatic heterocycles. The van der Waals surface area contributed by atoms with Crippen molar-refractivity contribution in [1.29, 1.82) is 0 Å². The van der Waals surface area contributed by atoms with E-state index < -0.39 is 0 Å². The van der Waals surface area contributed by atoms with Crippen LogP contribution in [0.2, 0.25) is 0 Å². The molecule has 0 heterocycles. The van der Waals surface area contributed by atoms with Crippen LogP contribution in [0.15, 0.2) is 0 Å². The van der Waals surface area contributed by atoms with Gasteiger partial charge in [-0.05, 0) is 6.54 Å². The van der Waals surface area contributed by atoms with Gasteiger partial charge in [0.25, 0.3) is 0 Å². The number of aliphatic hydroxyl groups is 1. The number of amides is 1. The van der Waals surface area contributed by atoms with Crippen LogP contribution >= 0.6 is 0 Å². The lowest BCUT2D eigenvalue weighted by Crippen LogP contribution is -2.37. The van der Waals surface area contributed by atoms with Gasteiger partial charge in [-0.25, -0.2) is 0 Å². The van der Waals surface area contributed by atoms with E-state index in [1.54, 1.807) is 0 Å². The quantitative estimate of drug-likeness (QED) is 0.514. The van der Waals surface area contributed by atoms with Crippen molar-refractivity contribution in [2.75, 3.05) is 26.2 Å². The third kappa shape index (κ3) is 6.86. The molecule has 0 aliphatic rings. The number of carbonyl (C=O) groups excluding carboxylic acids is 1. The fourth-order valence-electron chi connectivity index (χ4n) is 0.861. The molecule has 84 valence electrons. The van der Waals surface area contributed by atoms with Crippen molar-refractivity contribution < 1.29 is 9.90 Å². The highest BCUT2D eigenvalue weighted by Gasteiger charge is 2.16. The number of carbonyl (C=O) groups is 1. The predicted molar refractivity (Wildman–Crippen MR) is 57.0 cm³/mol. The van der Waals surface area contributed by atoms with Gasteiger partial charge in [-0.2, -0.15) is 0 Å². The minimum absolute atomic E-state index is 0.0347. The SMILES string of the molecule is CCNCCC(=O)NCC(C)(C)CO. The topological polar surface area (TPSA) is 61.4 Å². The van der Waals surface area contributed by atoms with Crippen molar-refractivity contribution in [2.24, 2.45) is 5.41 Å². The third-order valence-electron chi connectivity index (χ3n) is 1.97. The maximum absolute atomic E-state index is 11.2. The average molecular weight is 202 g/mol. The fraction of sp³-hybridized carbons (Fsp3) is 0.900. The normalized spacial score (nSPS) is 11.4. The Hall–Kier alpha value is -0.610. The molecule has 4 nitrogen and oxygen atoms in total. The van der Waals surface area contributed by atoms with Crippen molar-refractivity contribution >= 4 is 5.91 Å². The molecule has 0 aliphatic carbocycles. The number of aliphatic hydroxyl groups excluding tert-OH is 1. The molecule has 14 heavy (non-hydrogen) atoms. The van der Waals surface area contributed by atoms with Crippen molar-refractivity contribution in [3.05, 3.63) is 0 Å². The molecule has 0 aromatic carbocycles. The van der Waals surface area contributed by atoms with Crippen LogP contribution in [0.5, 0.6) is 0 Å². The second-order valence-electron chi connectivity index (χ2n) is 4.20. The van der Waals surface area contributed by atoms with Crippen LogP contribution in [0, 0.1) is 5.41 Å². The molecule has 0 saturated carbocycles. The summed E-state index contributed by atoms with van der Waals surface area (Å²) in [6.45, 7) is 8.04. The molecule has 0 radical (unpaired) electrons. The molecule has 0 saturated heterocycles. The smallest absolute Gasteiger partial charge is 0.221 e. The lowest BCUT2D eigenvalue weighted by Gasteiger charge is -2.21. The van der Waals surface area contributed by atoms with Crippen molar-refractivity contribution in [1.82, 2.24) is 10.6 Å². The van der Waals surface area contributed by atoms with Crippen LogP contribution in [-0.2, 0) is 4.79 Å². The van der Waals surface area contributed by atoms with Crippen LogP contribution in [0.4, 0.5) is 0 Å². The van der Waals surface area contributed by atoms with E-state index in [4.69, 9.17) is 5.11 Å². The first-order valence-electron chi connectivity index (χ1n) is 5.10. The van der Waals surface area contributed by atoms with E-state index in [2.05, 4.69) is 10.6 Å². The highest BCUT2D eigenvalue weighted by Crippen LogP contribution is 2.10. The van der Waals surface area contributed by atoms with Crippen LogP contribution in [0.3, 0.4) is 0 Å². The van der Waals surface area contributed by atoms with E-state index in [-0.39, 0.29) is 17.9 Å². The Labute approximate surface area is 86.1 Å². The van der Waals surface area contributed by atoms with E-state index in [0.717, 1.165) is 6.54 Å². The summed E-state index contributed by atoms with van der Waals surface area (Å²) in [7, 11) is 0. The Kier molecular flexibility index (Phi) is 6.49. The largest absolute Gasteiger partial charge is 0.396 e. The van der Waals surface area contributed by atoms with E-state index in [0.29, 0.717) is 19.5 Å². The number of hydrogen-bond acceptors (Lipinski definition) is 3. The van der Waals surface area contributed by atoms with E-state index in [1.807, 2.05) is 20.8 Å². The minimum Gasteiger partial charge on any atom is -0.396 e. The van der Waals surface area contributed by atoms with Gasteiger partial charge in [0.15, 0.2) is 0 Å². The molecule has 0 fully saturated rings. The van der Waals surface area contributed by atoms with Gasteiger partial charge in [0.1, 0.15) is 0 Å². The molecular formula is C10H22N2O2. The molecule has 3 N–H and O–H groups in total. The summed E-state index contributed by atoms with van der Waals surface area (Å²) in [5.74, 6) is 0.0347. The lowest BCUT2D eigenvalue weighted by molar-refractivity contribution is -0.121. The highest BCUT2D eigenvalue weighted by molar-refractivity contribution is 5.76. The van der Waals surface area contributed by atoms with Crippen LogP contribution in [0.1, 0.15) is 27.2 Å². The van der Waals surface area contributed by atoms with Gasteiger partial charge in [0, 0.05) is 31.5 Å². The Morgan fingerprint density at radius 2 is 2.07 bits per heavy atom. The molecule has 0 unspecified atom stereocenters. The van der Waals surface area contributed by atoms with Crippen molar-refractivity contribution in [3.63, 3.8) is 0 Å². The summed E-state index contributed by atoms with van der Waals surface area (Å²) in [5, 5.41) is 14.8. The number of hydrogen-bond donors (Lipinski definition) is 3. The zero-order valence-corrected chi connectivity index (χ0v) is 9.39. The zero-order valence-electron chi connectivity index (χ0n) is 9.39. The second kappa shape index (κ2) is 6.79. The standard InChI is InChI=1S/C10H22N2O2/c1-4-11-6-5-9(14)12-7-10(2,3)8-13/h11,13H,4-8H2,1-3H3,(H,12,14). The van der Waals surface area contributed by atoms with Gasteiger partial charge in [0.05, 0.1) is 0 Å². The van der Waals surface area contributed by atoms with E-state index in [1.165, 1.54) is 0 Å². The first-order valence-corrected chi connectivity index (χ1v) is 5.10. The van der Waals surface area contributed by atoms with Gasteiger partial charge >= 0.3 is 0 Å². The number of nitrogens with one attached hydrogen (secondary N) is 2. The average Bonchev–Trinajstić information content (AvgIpc) is 2.16. The van der Waals surface area contributed by atoms with Crippen LogP contribution < -0.4 is 10.6 Å². The van der Waals surface area contributed by atoms with Gasteiger partial charge in [-0.15, -0.1) is 0 Å². The Balaban J connectivity index is 3.53. The maximum Gasteiger partial charge on any atom is 0.221 e. The third-order valence-corrected chi connectivity index (χ3v) is 1.97. The second-order valence-corrected chi connectivity index (χ2v) is 4.20. The molecule has 0 aromatic heterocycles. The Morgan fingerprint density at radius 3 is 2.57 bits per heavy atom. The van der Waals surface area contributed by atoms with Gasteiger partial charge in [-0.1, -0.05) is 20.8 Å². The summed E-state index contributed by atoms with van der Waals surface area (Å²) in [4.78, 5) is 11.2. The maximum atomic E-state index is 11.2. The molecular weight excluding hydrogens is 180 g/mol.